The van der Waals surface area contributed by atoms with Gasteiger partial charge in [-0.1, -0.05) is 30.3 Å². The van der Waals surface area contributed by atoms with Crippen molar-refractivity contribution in [3.8, 4) is 0 Å². The summed E-state index contributed by atoms with van der Waals surface area (Å²) in [7, 11) is 4.01. The van der Waals surface area contributed by atoms with Crippen molar-refractivity contribution in [3.05, 3.63) is 35.9 Å². The molecule has 1 saturated carbocycles. The number of aliphatic imine (C=N–C) groups is 1. The molecular formula is C12H16N2. The van der Waals surface area contributed by atoms with Gasteiger partial charge in [0.25, 0.3) is 0 Å². The standard InChI is InChI=1S/C12H16N2/c1-14(2)9-13-12-8-11(12)10-6-4-3-5-7-10/h3-7,9,11-12H,8H2,1-2H3. The van der Waals surface area contributed by atoms with Crippen LogP contribution in [0, 0.1) is 0 Å². The molecule has 1 fully saturated rings. The van der Waals surface area contributed by atoms with E-state index in [1.54, 1.807) is 0 Å². The molecule has 2 rings (SSSR count). The Hall–Kier alpha value is -1.31. The number of rotatable bonds is 3. The molecule has 1 aliphatic carbocycles. The Morgan fingerprint density at radius 2 is 2.00 bits per heavy atom. The van der Waals surface area contributed by atoms with Gasteiger partial charge in [-0.3, -0.25) is 4.99 Å². The van der Waals surface area contributed by atoms with Gasteiger partial charge in [-0.25, -0.2) is 0 Å². The van der Waals surface area contributed by atoms with Gasteiger partial charge in [-0.15, -0.1) is 0 Å². The van der Waals surface area contributed by atoms with Crippen LogP contribution in [0.4, 0.5) is 0 Å². The number of hydrogen-bond acceptors (Lipinski definition) is 1. The molecule has 2 nitrogen and oxygen atoms in total. The number of hydrogen-bond donors (Lipinski definition) is 0. The van der Waals surface area contributed by atoms with E-state index in [9.17, 15) is 0 Å². The monoisotopic (exact) mass is 188 g/mol. The summed E-state index contributed by atoms with van der Waals surface area (Å²) < 4.78 is 0. The molecular weight excluding hydrogens is 172 g/mol. The van der Waals surface area contributed by atoms with E-state index >= 15 is 0 Å². The first-order chi connectivity index (χ1) is 6.77. The van der Waals surface area contributed by atoms with Crippen LogP contribution in [-0.4, -0.2) is 31.4 Å². The lowest BCUT2D eigenvalue weighted by molar-refractivity contribution is 0.638. The highest BCUT2D eigenvalue weighted by Crippen LogP contribution is 2.43. The van der Waals surface area contributed by atoms with Crippen molar-refractivity contribution in [1.82, 2.24) is 4.90 Å². The molecule has 0 bridgehead atoms. The van der Waals surface area contributed by atoms with Gasteiger partial charge >= 0.3 is 0 Å². The van der Waals surface area contributed by atoms with Crippen molar-refractivity contribution in [3.63, 3.8) is 0 Å². The summed E-state index contributed by atoms with van der Waals surface area (Å²) in [6, 6.07) is 11.1. The maximum Gasteiger partial charge on any atom is 0.0848 e. The maximum absolute atomic E-state index is 4.49. The van der Waals surface area contributed by atoms with Crippen LogP contribution in [0.15, 0.2) is 35.3 Å². The molecule has 0 amide bonds. The van der Waals surface area contributed by atoms with Crippen molar-refractivity contribution >= 4 is 6.34 Å². The minimum absolute atomic E-state index is 0.514. The molecule has 0 heterocycles. The molecule has 0 aliphatic heterocycles. The van der Waals surface area contributed by atoms with Gasteiger partial charge in [0.2, 0.25) is 0 Å². The van der Waals surface area contributed by atoms with Crippen LogP contribution in [0.25, 0.3) is 0 Å². The van der Waals surface area contributed by atoms with Crippen LogP contribution in [0.1, 0.15) is 17.9 Å². The van der Waals surface area contributed by atoms with Gasteiger partial charge in [0.15, 0.2) is 0 Å². The summed E-state index contributed by atoms with van der Waals surface area (Å²) in [5, 5.41) is 0. The third kappa shape index (κ3) is 2.13. The summed E-state index contributed by atoms with van der Waals surface area (Å²) in [6.07, 6.45) is 3.11. The van der Waals surface area contributed by atoms with E-state index in [0.717, 1.165) is 0 Å². The zero-order valence-corrected chi connectivity index (χ0v) is 8.72. The van der Waals surface area contributed by atoms with Crippen molar-refractivity contribution in [1.29, 1.82) is 0 Å². The Labute approximate surface area is 85.3 Å². The highest BCUT2D eigenvalue weighted by atomic mass is 15.1. The first-order valence-electron chi connectivity index (χ1n) is 5.02. The van der Waals surface area contributed by atoms with Crippen LogP contribution >= 0.6 is 0 Å². The molecule has 2 heteroatoms. The predicted molar refractivity (Wildman–Crippen MR) is 59.8 cm³/mol. The largest absolute Gasteiger partial charge is 0.369 e. The van der Waals surface area contributed by atoms with Crippen LogP contribution in [0.5, 0.6) is 0 Å². The van der Waals surface area contributed by atoms with E-state index in [2.05, 4.69) is 35.3 Å². The third-order valence-electron chi connectivity index (χ3n) is 2.47. The highest BCUT2D eigenvalue weighted by Gasteiger charge is 2.37. The van der Waals surface area contributed by atoms with E-state index in [4.69, 9.17) is 0 Å². The quantitative estimate of drug-likeness (QED) is 0.524. The second-order valence-corrected chi connectivity index (χ2v) is 4.05. The fourth-order valence-corrected chi connectivity index (χ4v) is 1.62. The molecule has 74 valence electrons. The van der Waals surface area contributed by atoms with Crippen molar-refractivity contribution < 1.29 is 0 Å². The van der Waals surface area contributed by atoms with E-state index in [0.29, 0.717) is 12.0 Å². The second-order valence-electron chi connectivity index (χ2n) is 4.05. The molecule has 0 spiro atoms. The Morgan fingerprint density at radius 1 is 1.29 bits per heavy atom. The smallest absolute Gasteiger partial charge is 0.0848 e. The molecule has 1 aliphatic rings. The second kappa shape index (κ2) is 3.82. The molecule has 2 unspecified atom stereocenters. The summed E-state index contributed by atoms with van der Waals surface area (Å²) >= 11 is 0. The molecule has 1 aromatic rings. The lowest BCUT2D eigenvalue weighted by Crippen LogP contribution is -2.08. The van der Waals surface area contributed by atoms with E-state index in [1.807, 2.05) is 25.3 Å². The van der Waals surface area contributed by atoms with Crippen molar-refractivity contribution in [2.24, 2.45) is 4.99 Å². The van der Waals surface area contributed by atoms with Crippen LogP contribution in [0.2, 0.25) is 0 Å². The summed E-state index contributed by atoms with van der Waals surface area (Å²) in [4.78, 5) is 6.48. The average molecular weight is 188 g/mol. The first kappa shape index (κ1) is 9.25. The van der Waals surface area contributed by atoms with Gasteiger partial charge in [-0.2, -0.15) is 0 Å². The van der Waals surface area contributed by atoms with Crippen molar-refractivity contribution in [2.75, 3.05) is 14.1 Å². The van der Waals surface area contributed by atoms with Crippen molar-refractivity contribution in [2.45, 2.75) is 18.4 Å². The van der Waals surface area contributed by atoms with Gasteiger partial charge in [0, 0.05) is 20.0 Å². The van der Waals surface area contributed by atoms with E-state index in [1.165, 1.54) is 12.0 Å². The van der Waals surface area contributed by atoms with E-state index < -0.39 is 0 Å². The predicted octanol–water partition coefficient (Wildman–Crippen LogP) is 2.13. The average Bonchev–Trinajstić information content (AvgIpc) is 2.95. The minimum Gasteiger partial charge on any atom is -0.369 e. The topological polar surface area (TPSA) is 15.6 Å². The van der Waals surface area contributed by atoms with Gasteiger partial charge in [0.1, 0.15) is 0 Å². The van der Waals surface area contributed by atoms with Crippen LogP contribution in [0.3, 0.4) is 0 Å². The Kier molecular flexibility index (Phi) is 2.53. The Bertz CT molecular complexity index is 316. The summed E-state index contributed by atoms with van der Waals surface area (Å²) in [5.74, 6) is 0.660. The zero-order chi connectivity index (χ0) is 9.97. The number of benzene rings is 1. The van der Waals surface area contributed by atoms with Gasteiger partial charge < -0.3 is 4.90 Å². The molecule has 1 aromatic carbocycles. The van der Waals surface area contributed by atoms with Crippen LogP contribution < -0.4 is 0 Å². The lowest BCUT2D eigenvalue weighted by Gasteiger charge is -2.01. The summed E-state index contributed by atoms with van der Waals surface area (Å²) in [6.45, 7) is 0. The molecule has 0 aromatic heterocycles. The first-order valence-corrected chi connectivity index (χ1v) is 5.02. The molecule has 0 N–H and O–H groups in total. The van der Waals surface area contributed by atoms with Gasteiger partial charge in [-0.05, 0) is 12.0 Å². The summed E-state index contributed by atoms with van der Waals surface area (Å²) in [5.41, 5.74) is 1.42. The SMILES string of the molecule is CN(C)C=NC1CC1c1ccccc1. The highest BCUT2D eigenvalue weighted by molar-refractivity contribution is 5.55. The zero-order valence-electron chi connectivity index (χ0n) is 8.72. The van der Waals surface area contributed by atoms with Crippen LogP contribution in [-0.2, 0) is 0 Å². The minimum atomic E-state index is 0.514. The molecule has 0 saturated heterocycles. The fraction of sp³-hybridized carbons (Fsp3) is 0.417. The lowest BCUT2D eigenvalue weighted by atomic mass is 10.1. The molecule has 2 atom stereocenters. The molecule has 14 heavy (non-hydrogen) atoms. The molecule has 0 radical (unpaired) electrons. The Morgan fingerprint density at radius 3 is 2.64 bits per heavy atom. The number of nitrogens with zero attached hydrogens (tertiary/aromatic N) is 2. The van der Waals surface area contributed by atoms with E-state index in [-0.39, 0.29) is 0 Å². The third-order valence-corrected chi connectivity index (χ3v) is 2.47. The van der Waals surface area contributed by atoms with Gasteiger partial charge in [0.05, 0.1) is 12.4 Å². The Balaban J connectivity index is 1.94. The normalized spacial score (nSPS) is 25.3. The fourth-order valence-electron chi connectivity index (χ4n) is 1.62. The maximum atomic E-state index is 4.49.